The number of rotatable bonds is 7. The topological polar surface area (TPSA) is 96.3 Å². The molecule has 0 aromatic carbocycles. The highest BCUT2D eigenvalue weighted by Crippen LogP contribution is 2.13. The summed E-state index contributed by atoms with van der Waals surface area (Å²) in [6.07, 6.45) is 3.74. The molecule has 3 N–H and O–H groups in total. The summed E-state index contributed by atoms with van der Waals surface area (Å²) in [6.45, 7) is 3.99. The summed E-state index contributed by atoms with van der Waals surface area (Å²) in [7, 11) is 1.78. The number of carboxylic acids is 1. The van der Waals surface area contributed by atoms with Crippen molar-refractivity contribution in [2.24, 2.45) is 13.0 Å². The van der Waals surface area contributed by atoms with Crippen molar-refractivity contribution in [1.29, 1.82) is 0 Å². The largest absolute Gasteiger partial charge is 0.481 e. The van der Waals surface area contributed by atoms with Crippen molar-refractivity contribution >= 4 is 17.7 Å². The van der Waals surface area contributed by atoms with Crippen LogP contribution < -0.4 is 10.6 Å². The highest BCUT2D eigenvalue weighted by molar-refractivity contribution is 5.90. The normalized spacial score (nSPS) is 11.9. The summed E-state index contributed by atoms with van der Waals surface area (Å²) >= 11 is 0. The van der Waals surface area contributed by atoms with Crippen LogP contribution in [0.15, 0.2) is 6.20 Å². The molecule has 0 saturated carbocycles. The third-order valence-electron chi connectivity index (χ3n) is 2.98. The van der Waals surface area contributed by atoms with Crippen LogP contribution >= 0.6 is 0 Å². The van der Waals surface area contributed by atoms with Crippen LogP contribution in [0.3, 0.4) is 0 Å². The van der Waals surface area contributed by atoms with Gasteiger partial charge in [-0.25, -0.2) is 4.79 Å². The molecule has 112 valence electrons. The molecule has 0 aliphatic carbocycles. The summed E-state index contributed by atoms with van der Waals surface area (Å²) in [5.41, 5.74) is 1.45. The van der Waals surface area contributed by atoms with Gasteiger partial charge >= 0.3 is 12.0 Å². The predicted octanol–water partition coefficient (Wildman–Crippen LogP) is 1.60. The number of carbonyl (C=O) groups excluding carboxylic acids is 1. The molecule has 0 aliphatic rings. The van der Waals surface area contributed by atoms with Crippen LogP contribution in [0, 0.1) is 5.92 Å². The highest BCUT2D eigenvalue weighted by atomic mass is 16.4. The molecule has 0 bridgehead atoms. The van der Waals surface area contributed by atoms with Gasteiger partial charge < -0.3 is 15.7 Å². The molecule has 2 amide bonds. The fraction of sp³-hybridized carbons (Fsp3) is 0.615. The Balaban J connectivity index is 2.52. The van der Waals surface area contributed by atoms with Gasteiger partial charge in [0, 0.05) is 19.8 Å². The maximum atomic E-state index is 11.8. The van der Waals surface area contributed by atoms with Crippen molar-refractivity contribution < 1.29 is 14.7 Å². The van der Waals surface area contributed by atoms with Gasteiger partial charge in [-0.2, -0.15) is 5.10 Å². The van der Waals surface area contributed by atoms with Gasteiger partial charge in [-0.3, -0.25) is 9.48 Å². The minimum Gasteiger partial charge on any atom is -0.481 e. The maximum absolute atomic E-state index is 11.8. The van der Waals surface area contributed by atoms with E-state index in [1.165, 1.54) is 0 Å². The summed E-state index contributed by atoms with van der Waals surface area (Å²) < 4.78 is 1.63. The Labute approximate surface area is 118 Å². The van der Waals surface area contributed by atoms with Crippen molar-refractivity contribution in [3.63, 3.8) is 0 Å². The average molecular weight is 282 g/mol. The molecule has 1 rings (SSSR count). The molecular weight excluding hydrogens is 260 g/mol. The number of nitrogens with zero attached hydrogens (tertiary/aromatic N) is 2. The fourth-order valence-corrected chi connectivity index (χ4v) is 1.94. The molecule has 1 heterocycles. The molecule has 1 aromatic heterocycles. The zero-order chi connectivity index (χ0) is 15.1. The lowest BCUT2D eigenvalue weighted by atomic mass is 10.0. The van der Waals surface area contributed by atoms with Crippen molar-refractivity contribution in [3.8, 4) is 0 Å². The Kier molecular flexibility index (Phi) is 6.02. The molecule has 0 spiro atoms. The smallest absolute Gasteiger partial charge is 0.319 e. The number of hydrogen-bond acceptors (Lipinski definition) is 3. The van der Waals surface area contributed by atoms with Crippen LogP contribution in [-0.4, -0.2) is 33.4 Å². The van der Waals surface area contributed by atoms with Crippen molar-refractivity contribution in [1.82, 2.24) is 15.1 Å². The molecule has 0 radical (unpaired) electrons. The molecule has 20 heavy (non-hydrogen) atoms. The molecule has 0 aliphatic heterocycles. The van der Waals surface area contributed by atoms with Crippen LogP contribution in [-0.2, 0) is 18.3 Å². The Bertz CT molecular complexity index is 470. The van der Waals surface area contributed by atoms with E-state index in [0.717, 1.165) is 12.1 Å². The van der Waals surface area contributed by atoms with Gasteiger partial charge in [-0.05, 0) is 12.8 Å². The lowest BCUT2D eigenvalue weighted by Crippen LogP contribution is -2.35. The Morgan fingerprint density at radius 1 is 1.45 bits per heavy atom. The number of carboxylic acid groups (broad SMARTS) is 1. The zero-order valence-electron chi connectivity index (χ0n) is 12.1. The monoisotopic (exact) mass is 282 g/mol. The minimum absolute atomic E-state index is 0.122. The maximum Gasteiger partial charge on any atom is 0.319 e. The van der Waals surface area contributed by atoms with E-state index < -0.39 is 17.9 Å². The van der Waals surface area contributed by atoms with E-state index in [1.54, 1.807) is 17.9 Å². The van der Waals surface area contributed by atoms with E-state index in [1.807, 2.05) is 13.8 Å². The third-order valence-corrected chi connectivity index (χ3v) is 2.98. The molecular formula is C13H22N4O3. The molecule has 0 saturated heterocycles. The first-order valence-corrected chi connectivity index (χ1v) is 6.78. The number of hydrogen-bond donors (Lipinski definition) is 3. The second kappa shape index (κ2) is 7.52. The summed E-state index contributed by atoms with van der Waals surface area (Å²) in [4.78, 5) is 22.7. The Hall–Kier alpha value is -2.05. The number of urea groups is 1. The number of amides is 2. The number of aryl methyl sites for hydroxylation is 2. The molecule has 1 atom stereocenters. The first kappa shape index (κ1) is 16.0. The van der Waals surface area contributed by atoms with E-state index in [2.05, 4.69) is 15.7 Å². The molecule has 1 aromatic rings. The standard InChI is InChI=1S/C13H22N4O3/c1-4-6-9(12(18)19)7-14-13(20)15-11-8-17(3)16-10(11)5-2/h8-9H,4-7H2,1-3H3,(H,18,19)(H2,14,15,20). The van der Waals surface area contributed by atoms with Gasteiger partial charge in [0.15, 0.2) is 0 Å². The molecule has 0 fully saturated rings. The van der Waals surface area contributed by atoms with E-state index in [9.17, 15) is 9.59 Å². The quantitative estimate of drug-likeness (QED) is 0.707. The van der Waals surface area contributed by atoms with Crippen molar-refractivity contribution in [3.05, 3.63) is 11.9 Å². The summed E-state index contributed by atoms with van der Waals surface area (Å²) in [5, 5.41) is 18.5. The van der Waals surface area contributed by atoms with Gasteiger partial charge in [0.05, 0.1) is 17.3 Å². The predicted molar refractivity (Wildman–Crippen MR) is 75.6 cm³/mol. The van der Waals surface area contributed by atoms with Gasteiger partial charge in [0.25, 0.3) is 0 Å². The average Bonchev–Trinajstić information content (AvgIpc) is 2.74. The van der Waals surface area contributed by atoms with E-state index >= 15 is 0 Å². The SMILES string of the molecule is CCCC(CNC(=O)Nc1cn(C)nc1CC)C(=O)O. The molecule has 1 unspecified atom stereocenters. The van der Waals surface area contributed by atoms with Gasteiger partial charge in [-0.15, -0.1) is 0 Å². The minimum atomic E-state index is -0.886. The van der Waals surface area contributed by atoms with Gasteiger partial charge in [0.2, 0.25) is 0 Å². The second-order valence-corrected chi connectivity index (χ2v) is 4.68. The molecule has 7 heteroatoms. The van der Waals surface area contributed by atoms with Crippen LogP contribution in [0.25, 0.3) is 0 Å². The van der Waals surface area contributed by atoms with E-state index in [-0.39, 0.29) is 6.54 Å². The van der Waals surface area contributed by atoms with Crippen molar-refractivity contribution in [2.75, 3.05) is 11.9 Å². The zero-order valence-corrected chi connectivity index (χ0v) is 12.1. The van der Waals surface area contributed by atoms with Gasteiger partial charge in [0.1, 0.15) is 0 Å². The molecule has 7 nitrogen and oxygen atoms in total. The first-order chi connectivity index (χ1) is 9.47. The van der Waals surface area contributed by atoms with E-state index in [4.69, 9.17) is 5.11 Å². The first-order valence-electron chi connectivity index (χ1n) is 6.78. The summed E-state index contributed by atoms with van der Waals surface area (Å²) in [6, 6.07) is -0.407. The lowest BCUT2D eigenvalue weighted by Gasteiger charge is -2.12. The number of nitrogens with one attached hydrogen (secondary N) is 2. The van der Waals surface area contributed by atoms with Crippen LogP contribution in [0.5, 0.6) is 0 Å². The Morgan fingerprint density at radius 2 is 2.15 bits per heavy atom. The second-order valence-electron chi connectivity index (χ2n) is 4.68. The highest BCUT2D eigenvalue weighted by Gasteiger charge is 2.17. The van der Waals surface area contributed by atoms with Crippen LogP contribution in [0.4, 0.5) is 10.5 Å². The van der Waals surface area contributed by atoms with E-state index in [0.29, 0.717) is 18.5 Å². The lowest BCUT2D eigenvalue weighted by molar-refractivity contribution is -0.141. The third kappa shape index (κ3) is 4.56. The number of anilines is 1. The Morgan fingerprint density at radius 3 is 2.70 bits per heavy atom. The van der Waals surface area contributed by atoms with Crippen LogP contribution in [0.2, 0.25) is 0 Å². The number of aromatic nitrogens is 2. The van der Waals surface area contributed by atoms with Crippen LogP contribution in [0.1, 0.15) is 32.4 Å². The number of carbonyl (C=O) groups is 2. The van der Waals surface area contributed by atoms with Gasteiger partial charge in [-0.1, -0.05) is 20.3 Å². The van der Waals surface area contributed by atoms with Crippen molar-refractivity contribution in [2.45, 2.75) is 33.1 Å². The fourth-order valence-electron chi connectivity index (χ4n) is 1.94. The number of aliphatic carboxylic acids is 1. The summed E-state index contributed by atoms with van der Waals surface area (Å²) in [5.74, 6) is -1.44.